The molecule has 0 aliphatic carbocycles. The molecule has 0 saturated heterocycles. The van der Waals surface area contributed by atoms with E-state index in [4.69, 9.17) is 0 Å². The summed E-state index contributed by atoms with van der Waals surface area (Å²) in [6.07, 6.45) is 3.63. The number of nitrogens with zero attached hydrogens (tertiary/aromatic N) is 3. The monoisotopic (exact) mass is 358 g/mol. The number of nitro benzene ring substituents is 1. The summed E-state index contributed by atoms with van der Waals surface area (Å²) >= 11 is 2.17. The molecule has 1 N–H and O–H groups in total. The van der Waals surface area contributed by atoms with E-state index < -0.39 is 0 Å². The third kappa shape index (κ3) is 2.61. The Hall–Kier alpha value is -1.64. The molecule has 7 heteroatoms. The van der Waals surface area contributed by atoms with Crippen molar-refractivity contribution in [2.24, 2.45) is 0 Å². The average molecular weight is 358 g/mol. The normalized spacial score (nSPS) is 10.3. The summed E-state index contributed by atoms with van der Waals surface area (Å²) in [7, 11) is 1.68. The minimum absolute atomic E-state index is 0.0804. The topological polar surface area (TPSA) is 73.0 Å². The highest BCUT2D eigenvalue weighted by Gasteiger charge is 2.16. The minimum Gasteiger partial charge on any atom is -0.382 e. The van der Waals surface area contributed by atoms with E-state index >= 15 is 0 Å². The van der Waals surface area contributed by atoms with Crippen LogP contribution < -0.4 is 5.32 Å². The summed E-state index contributed by atoms with van der Waals surface area (Å²) in [6, 6.07) is 5.03. The van der Waals surface area contributed by atoms with Gasteiger partial charge in [0.2, 0.25) is 0 Å². The molecule has 0 amide bonds. The van der Waals surface area contributed by atoms with Gasteiger partial charge >= 0.3 is 0 Å². The quantitative estimate of drug-likeness (QED) is 0.518. The second-order valence-electron chi connectivity index (χ2n) is 3.67. The number of nitrogens with one attached hydrogen (secondary N) is 1. The number of nitro groups is 1. The first-order chi connectivity index (χ1) is 8.61. The maximum Gasteiger partial charge on any atom is 0.292 e. The summed E-state index contributed by atoms with van der Waals surface area (Å²) in [5.74, 6) is 0. The molecule has 6 nitrogen and oxygen atoms in total. The van der Waals surface area contributed by atoms with Crippen LogP contribution in [0.3, 0.4) is 0 Å². The lowest BCUT2D eigenvalue weighted by molar-refractivity contribution is -0.384. The molecule has 0 spiro atoms. The van der Waals surface area contributed by atoms with Crippen molar-refractivity contribution in [3.05, 3.63) is 49.8 Å². The molecule has 0 bridgehead atoms. The zero-order chi connectivity index (χ0) is 13.1. The average Bonchev–Trinajstić information content (AvgIpc) is 2.74. The Kier molecular flexibility index (Phi) is 3.80. The van der Waals surface area contributed by atoms with Crippen LogP contribution in [0.4, 0.5) is 11.4 Å². The molecule has 2 rings (SSSR count). The van der Waals surface area contributed by atoms with Crippen LogP contribution in [0.15, 0.2) is 30.6 Å². The molecule has 0 atom stereocenters. The van der Waals surface area contributed by atoms with Gasteiger partial charge in [-0.25, -0.2) is 0 Å². The van der Waals surface area contributed by atoms with Crippen LogP contribution in [-0.2, 0) is 6.54 Å². The number of hydrogen-bond acceptors (Lipinski definition) is 4. The third-order valence-electron chi connectivity index (χ3n) is 2.51. The van der Waals surface area contributed by atoms with Crippen LogP contribution in [0.1, 0.15) is 5.56 Å². The van der Waals surface area contributed by atoms with Crippen molar-refractivity contribution in [1.82, 2.24) is 9.78 Å². The van der Waals surface area contributed by atoms with Crippen LogP contribution in [0.25, 0.3) is 0 Å². The van der Waals surface area contributed by atoms with Gasteiger partial charge in [-0.2, -0.15) is 5.10 Å². The van der Waals surface area contributed by atoms with E-state index in [0.717, 1.165) is 9.13 Å². The van der Waals surface area contributed by atoms with Crippen LogP contribution in [0.5, 0.6) is 0 Å². The summed E-state index contributed by atoms with van der Waals surface area (Å²) in [5, 5.41) is 18.0. The molecule has 0 fully saturated rings. The number of hydrogen-bond donors (Lipinski definition) is 1. The Morgan fingerprint density at radius 3 is 2.89 bits per heavy atom. The zero-order valence-corrected chi connectivity index (χ0v) is 11.8. The van der Waals surface area contributed by atoms with Gasteiger partial charge < -0.3 is 5.32 Å². The number of benzene rings is 1. The van der Waals surface area contributed by atoms with Gasteiger partial charge in [0.1, 0.15) is 5.69 Å². The third-order valence-corrected chi connectivity index (χ3v) is 3.07. The van der Waals surface area contributed by atoms with Gasteiger partial charge in [-0.1, -0.05) is 12.1 Å². The van der Waals surface area contributed by atoms with Gasteiger partial charge in [-0.3, -0.25) is 14.8 Å². The van der Waals surface area contributed by atoms with Gasteiger partial charge in [-0.15, -0.1) is 0 Å². The maximum atomic E-state index is 10.9. The summed E-state index contributed by atoms with van der Waals surface area (Å²) in [6.45, 7) is 0.501. The van der Waals surface area contributed by atoms with E-state index in [9.17, 15) is 10.1 Å². The van der Waals surface area contributed by atoms with Gasteiger partial charge in [-0.05, 0) is 22.6 Å². The Morgan fingerprint density at radius 2 is 2.33 bits per heavy atom. The molecule has 18 heavy (non-hydrogen) atoms. The fourth-order valence-electron chi connectivity index (χ4n) is 1.76. The summed E-state index contributed by atoms with van der Waals surface area (Å²) in [5.41, 5.74) is 1.45. The fourth-order valence-corrected chi connectivity index (χ4v) is 2.20. The largest absolute Gasteiger partial charge is 0.382 e. The first kappa shape index (κ1) is 12.8. The van der Waals surface area contributed by atoms with Crippen LogP contribution in [0, 0.1) is 13.7 Å². The number of para-hydroxylation sites is 1. The second-order valence-corrected chi connectivity index (χ2v) is 4.92. The summed E-state index contributed by atoms with van der Waals surface area (Å²) in [4.78, 5) is 10.5. The van der Waals surface area contributed by atoms with Crippen molar-refractivity contribution < 1.29 is 4.92 Å². The molecule has 0 aliphatic heterocycles. The second kappa shape index (κ2) is 5.34. The van der Waals surface area contributed by atoms with Crippen LogP contribution >= 0.6 is 22.6 Å². The Labute approximate surface area is 117 Å². The predicted octanol–water partition coefficient (Wildman–Crippen LogP) is 2.49. The lowest BCUT2D eigenvalue weighted by Crippen LogP contribution is -2.05. The number of aromatic nitrogens is 2. The highest BCUT2D eigenvalue weighted by Crippen LogP contribution is 2.28. The predicted molar refractivity (Wildman–Crippen MR) is 76.7 cm³/mol. The van der Waals surface area contributed by atoms with Crippen molar-refractivity contribution >= 4 is 34.0 Å². The lowest BCUT2D eigenvalue weighted by atomic mass is 10.1. The number of rotatable bonds is 4. The highest BCUT2D eigenvalue weighted by atomic mass is 127. The molecular formula is C11H11IN4O2. The first-order valence-corrected chi connectivity index (χ1v) is 6.31. The molecule has 0 radical (unpaired) electrons. The number of anilines is 1. The van der Waals surface area contributed by atoms with Gasteiger partial charge in [0.25, 0.3) is 5.69 Å². The minimum atomic E-state index is -0.387. The molecule has 1 heterocycles. The molecule has 0 saturated carbocycles. The molecule has 0 unspecified atom stereocenters. The van der Waals surface area contributed by atoms with E-state index in [1.807, 2.05) is 12.3 Å². The standard InChI is InChI=1S/C11H11IN4O2/c1-13-11-8(3-2-4-10(11)16(17)18)6-15-7-9(12)5-14-15/h2-5,7,13H,6H2,1H3. The highest BCUT2D eigenvalue weighted by molar-refractivity contribution is 14.1. The maximum absolute atomic E-state index is 10.9. The zero-order valence-electron chi connectivity index (χ0n) is 9.63. The van der Waals surface area contributed by atoms with E-state index in [1.54, 1.807) is 24.0 Å². The van der Waals surface area contributed by atoms with E-state index in [1.165, 1.54) is 6.07 Å². The smallest absolute Gasteiger partial charge is 0.292 e. The fraction of sp³-hybridized carbons (Fsp3) is 0.182. The molecule has 94 valence electrons. The van der Waals surface area contributed by atoms with E-state index in [-0.39, 0.29) is 10.6 Å². The van der Waals surface area contributed by atoms with Crippen molar-refractivity contribution in [2.75, 3.05) is 12.4 Å². The molecule has 1 aromatic carbocycles. The Balaban J connectivity index is 2.38. The Morgan fingerprint density at radius 1 is 1.56 bits per heavy atom. The van der Waals surface area contributed by atoms with Crippen molar-refractivity contribution in [3.8, 4) is 0 Å². The SMILES string of the molecule is CNc1c(Cn2cc(I)cn2)cccc1[N+](=O)[O-]. The molecule has 1 aromatic heterocycles. The lowest BCUT2D eigenvalue weighted by Gasteiger charge is -2.09. The Bertz CT molecular complexity index is 582. The van der Waals surface area contributed by atoms with Crippen molar-refractivity contribution in [1.29, 1.82) is 0 Å². The number of halogens is 1. The van der Waals surface area contributed by atoms with Crippen LogP contribution in [0.2, 0.25) is 0 Å². The van der Waals surface area contributed by atoms with Gasteiger partial charge in [0.05, 0.1) is 21.2 Å². The van der Waals surface area contributed by atoms with Crippen molar-refractivity contribution in [3.63, 3.8) is 0 Å². The van der Waals surface area contributed by atoms with Gasteiger partial charge in [0, 0.05) is 24.9 Å². The van der Waals surface area contributed by atoms with Gasteiger partial charge in [0.15, 0.2) is 0 Å². The first-order valence-electron chi connectivity index (χ1n) is 5.24. The van der Waals surface area contributed by atoms with E-state index in [0.29, 0.717) is 12.2 Å². The summed E-state index contributed by atoms with van der Waals surface area (Å²) < 4.78 is 2.78. The van der Waals surface area contributed by atoms with Crippen molar-refractivity contribution in [2.45, 2.75) is 6.54 Å². The van der Waals surface area contributed by atoms with E-state index in [2.05, 4.69) is 33.0 Å². The molecule has 2 aromatic rings. The van der Waals surface area contributed by atoms with Crippen LogP contribution in [-0.4, -0.2) is 21.8 Å². The molecule has 0 aliphatic rings. The molecular weight excluding hydrogens is 347 g/mol.